The molecule has 2 bridgehead atoms. The first-order valence-corrected chi connectivity index (χ1v) is 10.4. The Bertz CT molecular complexity index is 744. The van der Waals surface area contributed by atoms with Gasteiger partial charge in [0.15, 0.2) is 0 Å². The van der Waals surface area contributed by atoms with E-state index in [1.807, 2.05) is 18.2 Å². The zero-order valence-electron chi connectivity index (χ0n) is 15.1. The molecule has 3 atom stereocenters. The van der Waals surface area contributed by atoms with Crippen molar-refractivity contribution in [1.82, 2.24) is 13.5 Å². The van der Waals surface area contributed by atoms with E-state index in [-0.39, 0.29) is 18.0 Å². The van der Waals surface area contributed by atoms with Crippen molar-refractivity contribution in [1.29, 1.82) is 0 Å². The SMILES string of the molecule is COc1ccccc1[C@H]1CN(S(=O)(=O)N(C)C)[C@@H]2C3CCN(CC3)[C@H]12. The maximum atomic E-state index is 13.0. The first-order valence-electron chi connectivity index (χ1n) is 9.01. The van der Waals surface area contributed by atoms with Gasteiger partial charge in [-0.05, 0) is 37.9 Å². The monoisotopic (exact) mass is 365 g/mol. The van der Waals surface area contributed by atoms with Crippen LogP contribution in [0.4, 0.5) is 0 Å². The standard InChI is InChI=1S/C18H27N3O3S/c1-19(2)25(22,23)21-12-15(14-6-4-5-7-16(14)24-3)18-17(21)13-8-10-20(18)11-9-13/h4-7,13,15,17-18H,8-12H2,1-3H3/t15-,17-,18-/m1/s1. The number of nitrogens with zero attached hydrogens (tertiary/aromatic N) is 3. The molecule has 1 aromatic carbocycles. The van der Waals surface area contributed by atoms with Gasteiger partial charge in [0, 0.05) is 44.2 Å². The largest absolute Gasteiger partial charge is 0.496 e. The molecular formula is C18H27N3O3S. The fraction of sp³-hybridized carbons (Fsp3) is 0.667. The number of rotatable bonds is 4. The van der Waals surface area contributed by atoms with Gasteiger partial charge in [0.2, 0.25) is 0 Å². The second-order valence-corrected chi connectivity index (χ2v) is 9.66. The molecule has 0 unspecified atom stereocenters. The summed E-state index contributed by atoms with van der Waals surface area (Å²) < 4.78 is 34.7. The molecule has 5 rings (SSSR count). The average Bonchev–Trinajstić information content (AvgIpc) is 3.06. The normalized spacial score (nSPS) is 35.1. The Hall–Kier alpha value is -1.15. The van der Waals surface area contributed by atoms with E-state index in [0.717, 1.165) is 37.2 Å². The lowest BCUT2D eigenvalue weighted by Crippen LogP contribution is -2.61. The number of hydrogen-bond acceptors (Lipinski definition) is 4. The summed E-state index contributed by atoms with van der Waals surface area (Å²) in [5, 5.41) is 0. The smallest absolute Gasteiger partial charge is 0.281 e. The van der Waals surface area contributed by atoms with Crippen molar-refractivity contribution < 1.29 is 13.2 Å². The van der Waals surface area contributed by atoms with Gasteiger partial charge in [-0.15, -0.1) is 0 Å². The van der Waals surface area contributed by atoms with Crippen LogP contribution >= 0.6 is 0 Å². The zero-order chi connectivity index (χ0) is 17.8. The Morgan fingerprint density at radius 2 is 1.80 bits per heavy atom. The van der Waals surface area contributed by atoms with Crippen LogP contribution in [-0.4, -0.2) is 74.9 Å². The Morgan fingerprint density at radius 3 is 2.44 bits per heavy atom. The van der Waals surface area contributed by atoms with Crippen LogP contribution in [0, 0.1) is 5.92 Å². The molecule has 4 aliphatic rings. The van der Waals surface area contributed by atoms with E-state index in [1.54, 1.807) is 25.5 Å². The van der Waals surface area contributed by atoms with Crippen LogP contribution in [0.15, 0.2) is 24.3 Å². The minimum absolute atomic E-state index is 0.0739. The molecule has 138 valence electrons. The minimum atomic E-state index is -3.43. The van der Waals surface area contributed by atoms with Gasteiger partial charge in [-0.25, -0.2) is 0 Å². The lowest BCUT2D eigenvalue weighted by Gasteiger charge is -2.51. The number of piperidine rings is 3. The second kappa shape index (κ2) is 6.23. The van der Waals surface area contributed by atoms with Gasteiger partial charge < -0.3 is 4.74 Å². The summed E-state index contributed by atoms with van der Waals surface area (Å²) in [6, 6.07) is 8.38. The van der Waals surface area contributed by atoms with Gasteiger partial charge >= 0.3 is 0 Å². The molecule has 0 radical (unpaired) electrons. The number of benzene rings is 1. The van der Waals surface area contributed by atoms with Gasteiger partial charge in [0.05, 0.1) is 7.11 Å². The van der Waals surface area contributed by atoms with Crippen molar-refractivity contribution in [2.75, 3.05) is 40.8 Å². The first-order chi connectivity index (χ1) is 11.9. The van der Waals surface area contributed by atoms with Crippen LogP contribution in [0.1, 0.15) is 24.3 Å². The van der Waals surface area contributed by atoms with E-state index in [2.05, 4.69) is 11.0 Å². The number of para-hydroxylation sites is 1. The summed E-state index contributed by atoms with van der Waals surface area (Å²) in [7, 11) is 1.51. The van der Waals surface area contributed by atoms with Crippen LogP contribution in [0.2, 0.25) is 0 Å². The van der Waals surface area contributed by atoms with E-state index in [1.165, 1.54) is 4.31 Å². The van der Waals surface area contributed by atoms with Gasteiger partial charge in [-0.3, -0.25) is 4.90 Å². The molecule has 1 aromatic rings. The summed E-state index contributed by atoms with van der Waals surface area (Å²) in [6.07, 6.45) is 2.19. The quantitative estimate of drug-likeness (QED) is 0.809. The highest BCUT2D eigenvalue weighted by Gasteiger charge is 2.57. The first kappa shape index (κ1) is 17.3. The maximum Gasteiger partial charge on any atom is 0.281 e. The molecule has 4 fully saturated rings. The van der Waals surface area contributed by atoms with E-state index in [4.69, 9.17) is 4.74 Å². The summed E-state index contributed by atoms with van der Waals surface area (Å²) in [4.78, 5) is 2.51. The molecule has 0 N–H and O–H groups in total. The van der Waals surface area contributed by atoms with Crippen molar-refractivity contribution in [3.8, 4) is 5.75 Å². The Balaban J connectivity index is 1.79. The maximum absolute atomic E-state index is 13.0. The van der Waals surface area contributed by atoms with Crippen molar-refractivity contribution in [3.05, 3.63) is 29.8 Å². The summed E-state index contributed by atoms with van der Waals surface area (Å²) in [6.45, 7) is 2.68. The predicted octanol–water partition coefficient (Wildman–Crippen LogP) is 1.36. The summed E-state index contributed by atoms with van der Waals surface area (Å²) in [5.41, 5.74) is 1.13. The molecule has 0 saturated carbocycles. The van der Waals surface area contributed by atoms with Crippen LogP contribution in [0.3, 0.4) is 0 Å². The fourth-order valence-corrected chi connectivity index (χ4v) is 6.46. The molecule has 4 saturated heterocycles. The van der Waals surface area contributed by atoms with Gasteiger partial charge in [-0.1, -0.05) is 18.2 Å². The van der Waals surface area contributed by atoms with Gasteiger partial charge in [0.1, 0.15) is 5.75 Å². The Morgan fingerprint density at radius 1 is 1.12 bits per heavy atom. The third-order valence-corrected chi connectivity index (χ3v) is 8.15. The molecule has 0 aromatic heterocycles. The number of ether oxygens (including phenoxy) is 1. The summed E-state index contributed by atoms with van der Waals surface area (Å²) >= 11 is 0. The third-order valence-electron chi connectivity index (χ3n) is 6.25. The number of methoxy groups -OCH3 is 1. The highest BCUT2D eigenvalue weighted by Crippen LogP contribution is 2.49. The van der Waals surface area contributed by atoms with Crippen LogP contribution in [0.25, 0.3) is 0 Å². The molecule has 4 aliphatic heterocycles. The third kappa shape index (κ3) is 2.60. The van der Waals surface area contributed by atoms with Crippen molar-refractivity contribution in [2.45, 2.75) is 30.8 Å². The minimum Gasteiger partial charge on any atom is -0.496 e. The lowest BCUT2D eigenvalue weighted by atomic mass is 9.75. The van der Waals surface area contributed by atoms with Gasteiger partial charge in [0.25, 0.3) is 10.2 Å². The Labute approximate surface area is 150 Å². The Kier molecular flexibility index (Phi) is 4.30. The van der Waals surface area contributed by atoms with E-state index < -0.39 is 10.2 Å². The number of hydrogen-bond donors (Lipinski definition) is 0. The molecule has 0 spiro atoms. The number of fused-ring (bicyclic) bond motifs is 2. The highest BCUT2D eigenvalue weighted by atomic mass is 32.2. The van der Waals surface area contributed by atoms with Crippen molar-refractivity contribution in [2.24, 2.45) is 5.92 Å². The zero-order valence-corrected chi connectivity index (χ0v) is 15.9. The van der Waals surface area contributed by atoms with Crippen LogP contribution < -0.4 is 4.74 Å². The van der Waals surface area contributed by atoms with Crippen molar-refractivity contribution >= 4 is 10.2 Å². The molecule has 0 amide bonds. The topological polar surface area (TPSA) is 53.1 Å². The average molecular weight is 365 g/mol. The second-order valence-electron chi connectivity index (χ2n) is 7.56. The highest BCUT2D eigenvalue weighted by molar-refractivity contribution is 7.86. The van der Waals surface area contributed by atoms with E-state index >= 15 is 0 Å². The van der Waals surface area contributed by atoms with Crippen LogP contribution in [0.5, 0.6) is 5.75 Å². The molecule has 25 heavy (non-hydrogen) atoms. The van der Waals surface area contributed by atoms with Gasteiger partial charge in [-0.2, -0.15) is 17.0 Å². The van der Waals surface area contributed by atoms with E-state index in [9.17, 15) is 8.42 Å². The molecule has 0 aliphatic carbocycles. The predicted molar refractivity (Wildman–Crippen MR) is 96.9 cm³/mol. The lowest BCUT2D eigenvalue weighted by molar-refractivity contribution is 0.0113. The molecule has 7 heteroatoms. The molecule has 4 heterocycles. The molecule has 6 nitrogen and oxygen atoms in total. The van der Waals surface area contributed by atoms with Crippen molar-refractivity contribution in [3.63, 3.8) is 0 Å². The molecular weight excluding hydrogens is 338 g/mol. The van der Waals surface area contributed by atoms with E-state index in [0.29, 0.717) is 12.5 Å². The van der Waals surface area contributed by atoms with Crippen LogP contribution in [-0.2, 0) is 10.2 Å². The fourth-order valence-electron chi connectivity index (χ4n) is 5.09. The summed E-state index contributed by atoms with van der Waals surface area (Å²) in [5.74, 6) is 1.47.